The standard InChI is InChI=1S/C14H14FN3OS/c15-9-5-1-2-6-10(9)16-13(19)18-14-17-11-7-3-4-8-12(11)20-14/h1-2,5-6H,3-4,7-8H2,(H2,16,17,18,19). The summed E-state index contributed by atoms with van der Waals surface area (Å²) in [6.45, 7) is 0. The van der Waals surface area contributed by atoms with Crippen molar-refractivity contribution in [1.29, 1.82) is 0 Å². The molecule has 1 heterocycles. The topological polar surface area (TPSA) is 54.0 Å². The quantitative estimate of drug-likeness (QED) is 0.884. The van der Waals surface area contributed by atoms with Crippen molar-refractivity contribution >= 4 is 28.2 Å². The van der Waals surface area contributed by atoms with Gasteiger partial charge in [0.2, 0.25) is 0 Å². The third kappa shape index (κ3) is 2.80. The first-order valence-electron chi connectivity index (χ1n) is 6.53. The van der Waals surface area contributed by atoms with Crippen LogP contribution in [0.2, 0.25) is 0 Å². The molecule has 1 aliphatic carbocycles. The summed E-state index contributed by atoms with van der Waals surface area (Å²) < 4.78 is 13.4. The van der Waals surface area contributed by atoms with Gasteiger partial charge in [-0.25, -0.2) is 14.2 Å². The Kier molecular flexibility index (Phi) is 3.64. The Morgan fingerprint density at radius 1 is 1.20 bits per heavy atom. The second-order valence-electron chi connectivity index (χ2n) is 4.65. The monoisotopic (exact) mass is 291 g/mol. The second kappa shape index (κ2) is 5.58. The van der Waals surface area contributed by atoms with Crippen LogP contribution in [-0.4, -0.2) is 11.0 Å². The molecule has 0 saturated heterocycles. The lowest BCUT2D eigenvalue weighted by molar-refractivity contribution is 0.262. The van der Waals surface area contributed by atoms with Crippen molar-refractivity contribution in [3.8, 4) is 0 Å². The summed E-state index contributed by atoms with van der Waals surface area (Å²) in [7, 11) is 0. The van der Waals surface area contributed by atoms with Crippen LogP contribution < -0.4 is 10.6 Å². The Morgan fingerprint density at radius 2 is 2.00 bits per heavy atom. The van der Waals surface area contributed by atoms with Gasteiger partial charge in [0.1, 0.15) is 5.82 Å². The van der Waals surface area contributed by atoms with Crippen molar-refractivity contribution in [1.82, 2.24) is 4.98 Å². The highest BCUT2D eigenvalue weighted by Gasteiger charge is 2.16. The van der Waals surface area contributed by atoms with Gasteiger partial charge < -0.3 is 5.32 Å². The van der Waals surface area contributed by atoms with Crippen molar-refractivity contribution in [2.75, 3.05) is 10.6 Å². The average molecular weight is 291 g/mol. The number of benzene rings is 1. The fourth-order valence-corrected chi connectivity index (χ4v) is 3.26. The smallest absolute Gasteiger partial charge is 0.305 e. The molecule has 0 saturated carbocycles. The van der Waals surface area contributed by atoms with Gasteiger partial charge in [-0.1, -0.05) is 12.1 Å². The molecule has 0 radical (unpaired) electrons. The largest absolute Gasteiger partial charge is 0.325 e. The zero-order valence-electron chi connectivity index (χ0n) is 10.8. The van der Waals surface area contributed by atoms with Crippen molar-refractivity contribution in [2.24, 2.45) is 0 Å². The number of thiazole rings is 1. The third-order valence-corrected chi connectivity index (χ3v) is 4.26. The molecule has 2 amide bonds. The van der Waals surface area contributed by atoms with Crippen molar-refractivity contribution in [3.63, 3.8) is 0 Å². The molecule has 1 aromatic heterocycles. The molecule has 2 N–H and O–H groups in total. The highest BCUT2D eigenvalue weighted by molar-refractivity contribution is 7.15. The zero-order valence-corrected chi connectivity index (χ0v) is 11.6. The molecule has 0 fully saturated rings. The summed E-state index contributed by atoms with van der Waals surface area (Å²) in [5.41, 5.74) is 1.24. The van der Waals surface area contributed by atoms with E-state index in [4.69, 9.17) is 0 Å². The number of halogens is 1. The number of anilines is 2. The number of fused-ring (bicyclic) bond motifs is 1. The van der Waals surface area contributed by atoms with E-state index < -0.39 is 11.8 Å². The molecule has 0 bridgehead atoms. The van der Waals surface area contributed by atoms with Gasteiger partial charge in [0.05, 0.1) is 11.4 Å². The van der Waals surface area contributed by atoms with Gasteiger partial charge in [-0.05, 0) is 37.8 Å². The Bertz CT molecular complexity index is 618. The first-order chi connectivity index (χ1) is 9.72. The molecule has 1 aromatic carbocycles. The van der Waals surface area contributed by atoms with E-state index >= 15 is 0 Å². The molecule has 0 aliphatic heterocycles. The minimum atomic E-state index is -0.471. The number of aromatic nitrogens is 1. The van der Waals surface area contributed by atoms with Gasteiger partial charge in [-0.3, -0.25) is 5.32 Å². The SMILES string of the molecule is O=C(Nc1nc2c(s1)CCCC2)Nc1ccccc1F. The lowest BCUT2D eigenvalue weighted by Gasteiger charge is -2.06. The first kappa shape index (κ1) is 13.1. The van der Waals surface area contributed by atoms with Crippen LogP contribution in [0.3, 0.4) is 0 Å². The predicted octanol–water partition coefficient (Wildman–Crippen LogP) is 3.81. The Balaban J connectivity index is 1.67. The molecule has 2 aromatic rings. The molecule has 1 aliphatic rings. The van der Waals surface area contributed by atoms with Gasteiger partial charge in [0.25, 0.3) is 0 Å². The van der Waals surface area contributed by atoms with E-state index in [1.807, 2.05) is 0 Å². The third-order valence-electron chi connectivity index (χ3n) is 3.19. The maximum atomic E-state index is 13.4. The molecule has 0 spiro atoms. The maximum Gasteiger partial charge on any atom is 0.325 e. The molecule has 4 nitrogen and oxygen atoms in total. The van der Waals surface area contributed by atoms with E-state index in [0.29, 0.717) is 5.13 Å². The molecule has 0 unspecified atom stereocenters. The van der Waals surface area contributed by atoms with E-state index in [9.17, 15) is 9.18 Å². The van der Waals surface area contributed by atoms with Crippen LogP contribution in [0.5, 0.6) is 0 Å². The van der Waals surface area contributed by atoms with E-state index in [-0.39, 0.29) is 5.69 Å². The Morgan fingerprint density at radius 3 is 2.80 bits per heavy atom. The van der Waals surface area contributed by atoms with Crippen LogP contribution in [-0.2, 0) is 12.8 Å². The summed E-state index contributed by atoms with van der Waals surface area (Å²) in [6, 6.07) is 5.59. The number of hydrogen-bond donors (Lipinski definition) is 2. The summed E-state index contributed by atoms with van der Waals surface area (Å²) in [6.07, 6.45) is 4.33. The average Bonchev–Trinajstić information content (AvgIpc) is 2.83. The van der Waals surface area contributed by atoms with Crippen LogP contribution in [0.15, 0.2) is 24.3 Å². The molecule has 0 atom stereocenters. The van der Waals surface area contributed by atoms with Crippen LogP contribution >= 0.6 is 11.3 Å². The van der Waals surface area contributed by atoms with E-state index in [1.54, 1.807) is 12.1 Å². The molecule has 6 heteroatoms. The van der Waals surface area contributed by atoms with Gasteiger partial charge >= 0.3 is 6.03 Å². The number of urea groups is 1. The van der Waals surface area contributed by atoms with Crippen LogP contribution in [0.4, 0.5) is 20.0 Å². The van der Waals surface area contributed by atoms with Crippen LogP contribution in [0.1, 0.15) is 23.4 Å². The summed E-state index contributed by atoms with van der Waals surface area (Å²) in [5, 5.41) is 5.72. The summed E-state index contributed by atoms with van der Waals surface area (Å²) in [4.78, 5) is 17.5. The Hall–Kier alpha value is -1.95. The fourth-order valence-electron chi connectivity index (χ4n) is 2.22. The number of rotatable bonds is 2. The van der Waals surface area contributed by atoms with E-state index in [1.165, 1.54) is 34.8 Å². The number of nitrogens with zero attached hydrogens (tertiary/aromatic N) is 1. The molecular formula is C14H14FN3OS. The number of carbonyl (C=O) groups is 1. The highest BCUT2D eigenvalue weighted by atomic mass is 32.1. The van der Waals surface area contributed by atoms with Gasteiger partial charge in [-0.15, -0.1) is 11.3 Å². The number of aryl methyl sites for hydroxylation is 2. The number of para-hydroxylation sites is 1. The number of hydrogen-bond acceptors (Lipinski definition) is 3. The van der Waals surface area contributed by atoms with Crippen LogP contribution in [0.25, 0.3) is 0 Å². The highest BCUT2D eigenvalue weighted by Crippen LogP contribution is 2.29. The maximum absolute atomic E-state index is 13.4. The summed E-state index contributed by atoms with van der Waals surface area (Å²) in [5.74, 6) is -0.457. The minimum absolute atomic E-state index is 0.159. The zero-order chi connectivity index (χ0) is 13.9. The number of nitrogens with one attached hydrogen (secondary N) is 2. The number of amides is 2. The summed E-state index contributed by atoms with van der Waals surface area (Å²) >= 11 is 1.50. The lowest BCUT2D eigenvalue weighted by Crippen LogP contribution is -2.20. The second-order valence-corrected chi connectivity index (χ2v) is 5.74. The normalized spacial score (nSPS) is 13.7. The first-order valence-corrected chi connectivity index (χ1v) is 7.35. The molecular weight excluding hydrogens is 277 g/mol. The molecule has 104 valence electrons. The van der Waals surface area contributed by atoms with E-state index in [2.05, 4.69) is 15.6 Å². The van der Waals surface area contributed by atoms with Gasteiger partial charge in [-0.2, -0.15) is 0 Å². The van der Waals surface area contributed by atoms with Crippen molar-refractivity contribution < 1.29 is 9.18 Å². The van der Waals surface area contributed by atoms with Gasteiger partial charge in [0, 0.05) is 4.88 Å². The predicted molar refractivity (Wildman–Crippen MR) is 77.8 cm³/mol. The van der Waals surface area contributed by atoms with Gasteiger partial charge in [0.15, 0.2) is 5.13 Å². The van der Waals surface area contributed by atoms with Crippen molar-refractivity contribution in [2.45, 2.75) is 25.7 Å². The van der Waals surface area contributed by atoms with Crippen molar-refractivity contribution in [3.05, 3.63) is 40.7 Å². The lowest BCUT2D eigenvalue weighted by atomic mass is 10.0. The molecule has 3 rings (SSSR count). The van der Waals surface area contributed by atoms with E-state index in [0.717, 1.165) is 25.0 Å². The fraction of sp³-hybridized carbons (Fsp3) is 0.286. The minimum Gasteiger partial charge on any atom is -0.305 e. The van der Waals surface area contributed by atoms with Crippen LogP contribution in [0, 0.1) is 5.82 Å². The molecule has 20 heavy (non-hydrogen) atoms. The number of carbonyl (C=O) groups excluding carboxylic acids is 1. The Labute approximate surface area is 120 Å².